The Kier molecular flexibility index (Phi) is 4.01. The lowest BCUT2D eigenvalue weighted by Crippen LogP contribution is -2.38. The van der Waals surface area contributed by atoms with E-state index in [9.17, 15) is 4.79 Å². The molecule has 1 N–H and O–H groups in total. The molecule has 4 heteroatoms. The fourth-order valence-electron chi connectivity index (χ4n) is 2.95. The molecule has 2 unspecified atom stereocenters. The van der Waals surface area contributed by atoms with E-state index in [1.54, 1.807) is 6.20 Å². The topological polar surface area (TPSA) is 42.0 Å². The molecule has 1 fully saturated rings. The number of carbonyl (C=O) groups is 1. The van der Waals surface area contributed by atoms with E-state index < -0.39 is 0 Å². The highest BCUT2D eigenvalue weighted by molar-refractivity contribution is 9.09. The van der Waals surface area contributed by atoms with E-state index in [0.29, 0.717) is 11.5 Å². The van der Waals surface area contributed by atoms with Crippen molar-refractivity contribution in [3.05, 3.63) is 42.1 Å². The largest absolute Gasteiger partial charge is 0.349 e. The predicted octanol–water partition coefficient (Wildman–Crippen LogP) is 3.53. The fraction of sp³-hybridized carbons (Fsp3) is 0.375. The lowest BCUT2D eigenvalue weighted by molar-refractivity contribution is 0.0932. The van der Waals surface area contributed by atoms with E-state index in [1.165, 1.54) is 12.8 Å². The van der Waals surface area contributed by atoms with Crippen LogP contribution in [0.4, 0.5) is 0 Å². The molecule has 104 valence electrons. The third kappa shape index (κ3) is 2.57. The first-order chi connectivity index (χ1) is 9.79. The highest BCUT2D eigenvalue weighted by Gasteiger charge is 2.28. The van der Waals surface area contributed by atoms with Gasteiger partial charge in [-0.05, 0) is 30.9 Å². The van der Waals surface area contributed by atoms with Gasteiger partial charge in [0.2, 0.25) is 0 Å². The molecule has 0 bridgehead atoms. The number of hydrogen-bond donors (Lipinski definition) is 1. The van der Waals surface area contributed by atoms with E-state index in [2.05, 4.69) is 26.2 Å². The van der Waals surface area contributed by atoms with Crippen molar-refractivity contribution >= 4 is 32.7 Å². The molecule has 0 radical (unpaired) electrons. The van der Waals surface area contributed by atoms with Crippen LogP contribution >= 0.6 is 15.9 Å². The van der Waals surface area contributed by atoms with Gasteiger partial charge in [-0.3, -0.25) is 9.78 Å². The zero-order valence-corrected chi connectivity index (χ0v) is 12.8. The molecule has 0 saturated heterocycles. The van der Waals surface area contributed by atoms with E-state index >= 15 is 0 Å². The van der Waals surface area contributed by atoms with Crippen molar-refractivity contribution in [1.82, 2.24) is 10.3 Å². The van der Waals surface area contributed by atoms with Gasteiger partial charge in [-0.1, -0.05) is 40.5 Å². The number of amides is 1. The summed E-state index contributed by atoms with van der Waals surface area (Å²) in [6.45, 7) is 0. The standard InChI is InChI=1S/C16H17BrN2O/c17-10-12-5-2-8-14(12)19-16(20)13-7-1-4-11-6-3-9-18-15(11)13/h1,3-4,6-7,9,12,14H,2,5,8,10H2,(H,19,20). The normalized spacial score (nSPS) is 22.1. The molecule has 1 saturated carbocycles. The van der Waals surface area contributed by atoms with Crippen molar-refractivity contribution in [2.75, 3.05) is 5.33 Å². The number of carbonyl (C=O) groups excluding carboxylic acids is 1. The quantitative estimate of drug-likeness (QED) is 0.873. The molecule has 1 heterocycles. The maximum atomic E-state index is 12.5. The van der Waals surface area contributed by atoms with Crippen LogP contribution in [0.1, 0.15) is 29.6 Å². The van der Waals surface area contributed by atoms with Gasteiger partial charge in [-0.15, -0.1) is 0 Å². The number of pyridine rings is 1. The minimum atomic E-state index is -0.00727. The molecule has 1 aromatic heterocycles. The molecule has 3 nitrogen and oxygen atoms in total. The van der Waals surface area contributed by atoms with Crippen LogP contribution in [-0.2, 0) is 0 Å². The Morgan fingerprint density at radius 2 is 2.15 bits per heavy atom. The first kappa shape index (κ1) is 13.6. The van der Waals surface area contributed by atoms with Crippen molar-refractivity contribution in [3.63, 3.8) is 0 Å². The molecule has 2 atom stereocenters. The summed E-state index contributed by atoms with van der Waals surface area (Å²) in [5, 5.41) is 5.13. The Morgan fingerprint density at radius 3 is 3.00 bits per heavy atom. The zero-order chi connectivity index (χ0) is 13.9. The number of aromatic nitrogens is 1. The number of hydrogen-bond acceptors (Lipinski definition) is 2. The molecule has 2 aromatic rings. The molecule has 1 amide bonds. The Hall–Kier alpha value is -1.42. The average molecular weight is 333 g/mol. The third-order valence-corrected chi connectivity index (χ3v) is 4.88. The Balaban J connectivity index is 1.86. The summed E-state index contributed by atoms with van der Waals surface area (Å²) in [7, 11) is 0. The molecule has 0 spiro atoms. The molecule has 1 aliphatic carbocycles. The summed E-state index contributed by atoms with van der Waals surface area (Å²) in [6.07, 6.45) is 5.18. The molecular formula is C16H17BrN2O. The van der Waals surface area contributed by atoms with Crippen molar-refractivity contribution < 1.29 is 4.79 Å². The van der Waals surface area contributed by atoms with Crippen LogP contribution in [0.3, 0.4) is 0 Å². The van der Waals surface area contributed by atoms with Gasteiger partial charge in [0, 0.05) is 23.0 Å². The summed E-state index contributed by atoms with van der Waals surface area (Å²) in [5.74, 6) is 0.536. The number of fused-ring (bicyclic) bond motifs is 1. The minimum absolute atomic E-state index is 0.00727. The third-order valence-electron chi connectivity index (χ3n) is 4.05. The fourth-order valence-corrected chi connectivity index (χ4v) is 3.72. The van der Waals surface area contributed by atoms with Crippen molar-refractivity contribution in [3.8, 4) is 0 Å². The predicted molar refractivity (Wildman–Crippen MR) is 84.1 cm³/mol. The van der Waals surface area contributed by atoms with Gasteiger partial charge in [0.05, 0.1) is 11.1 Å². The lowest BCUT2D eigenvalue weighted by atomic mass is 10.0. The van der Waals surface area contributed by atoms with E-state index in [4.69, 9.17) is 0 Å². The highest BCUT2D eigenvalue weighted by atomic mass is 79.9. The highest BCUT2D eigenvalue weighted by Crippen LogP contribution is 2.27. The number of rotatable bonds is 3. The monoisotopic (exact) mass is 332 g/mol. The van der Waals surface area contributed by atoms with Crippen LogP contribution in [-0.4, -0.2) is 22.3 Å². The summed E-state index contributed by atoms with van der Waals surface area (Å²) >= 11 is 3.54. The Morgan fingerprint density at radius 1 is 1.30 bits per heavy atom. The van der Waals surface area contributed by atoms with Gasteiger partial charge >= 0.3 is 0 Å². The molecular weight excluding hydrogens is 316 g/mol. The molecule has 20 heavy (non-hydrogen) atoms. The second-order valence-electron chi connectivity index (χ2n) is 5.31. The van der Waals surface area contributed by atoms with Gasteiger partial charge in [0.25, 0.3) is 5.91 Å². The van der Waals surface area contributed by atoms with Gasteiger partial charge in [0.1, 0.15) is 0 Å². The average Bonchev–Trinajstić information content (AvgIpc) is 2.93. The molecule has 1 aliphatic rings. The number of alkyl halides is 1. The minimum Gasteiger partial charge on any atom is -0.349 e. The molecule has 3 rings (SSSR count). The van der Waals surface area contributed by atoms with Crippen molar-refractivity contribution in [1.29, 1.82) is 0 Å². The summed E-state index contributed by atoms with van der Waals surface area (Å²) in [6, 6.07) is 9.90. The van der Waals surface area contributed by atoms with Crippen LogP contribution in [0.2, 0.25) is 0 Å². The zero-order valence-electron chi connectivity index (χ0n) is 11.2. The SMILES string of the molecule is O=C(NC1CCCC1CBr)c1cccc2cccnc12. The van der Waals surface area contributed by atoms with Crippen LogP contribution in [0.5, 0.6) is 0 Å². The number of para-hydroxylation sites is 1. The van der Waals surface area contributed by atoms with Crippen LogP contribution < -0.4 is 5.32 Å². The summed E-state index contributed by atoms with van der Waals surface area (Å²) in [4.78, 5) is 16.9. The smallest absolute Gasteiger partial charge is 0.253 e. The Bertz CT molecular complexity index is 623. The number of nitrogens with zero attached hydrogens (tertiary/aromatic N) is 1. The van der Waals surface area contributed by atoms with Crippen LogP contribution in [0.25, 0.3) is 10.9 Å². The maximum absolute atomic E-state index is 12.5. The summed E-state index contributed by atoms with van der Waals surface area (Å²) in [5.41, 5.74) is 1.45. The van der Waals surface area contributed by atoms with Crippen LogP contribution in [0, 0.1) is 5.92 Å². The number of nitrogens with one attached hydrogen (secondary N) is 1. The van der Waals surface area contributed by atoms with Crippen LogP contribution in [0.15, 0.2) is 36.5 Å². The van der Waals surface area contributed by atoms with Gasteiger partial charge in [-0.2, -0.15) is 0 Å². The lowest BCUT2D eigenvalue weighted by Gasteiger charge is -2.19. The summed E-state index contributed by atoms with van der Waals surface area (Å²) < 4.78 is 0. The van der Waals surface area contributed by atoms with Gasteiger partial charge in [-0.25, -0.2) is 0 Å². The van der Waals surface area contributed by atoms with Gasteiger partial charge < -0.3 is 5.32 Å². The number of benzene rings is 1. The first-order valence-electron chi connectivity index (χ1n) is 7.00. The van der Waals surface area contributed by atoms with Crippen molar-refractivity contribution in [2.45, 2.75) is 25.3 Å². The van der Waals surface area contributed by atoms with Gasteiger partial charge in [0.15, 0.2) is 0 Å². The van der Waals surface area contributed by atoms with E-state index in [1.807, 2.05) is 30.3 Å². The first-order valence-corrected chi connectivity index (χ1v) is 8.12. The number of halogens is 1. The van der Waals surface area contributed by atoms with E-state index in [0.717, 1.165) is 22.7 Å². The molecule has 0 aliphatic heterocycles. The molecule has 1 aromatic carbocycles. The second kappa shape index (κ2) is 5.92. The maximum Gasteiger partial charge on any atom is 0.253 e. The Labute approximate surface area is 126 Å². The second-order valence-corrected chi connectivity index (χ2v) is 5.95. The van der Waals surface area contributed by atoms with E-state index in [-0.39, 0.29) is 11.9 Å². The van der Waals surface area contributed by atoms with Crippen molar-refractivity contribution in [2.24, 2.45) is 5.92 Å².